The lowest BCUT2D eigenvalue weighted by molar-refractivity contribution is 0.100. The van der Waals surface area contributed by atoms with Crippen LogP contribution in [0.4, 0.5) is 5.69 Å². The maximum Gasteiger partial charge on any atom is 0.248 e. The van der Waals surface area contributed by atoms with Crippen LogP contribution < -0.4 is 11.1 Å². The first-order valence-electron chi connectivity index (χ1n) is 6.39. The quantitative estimate of drug-likeness (QED) is 0.778. The van der Waals surface area contributed by atoms with Crippen LogP contribution in [0.15, 0.2) is 48.8 Å². The highest BCUT2D eigenvalue weighted by atomic mass is 35.5. The van der Waals surface area contributed by atoms with Crippen molar-refractivity contribution in [3.05, 3.63) is 65.1 Å². The number of pyridine rings is 1. The second-order valence-electron chi connectivity index (χ2n) is 4.61. The lowest BCUT2D eigenvalue weighted by atomic mass is 10.2. The number of amides is 1. The molecule has 21 heavy (non-hydrogen) atoms. The number of hydrogen-bond donors (Lipinski definition) is 2. The Balaban J connectivity index is 1.80. The predicted molar refractivity (Wildman–Crippen MR) is 82.5 cm³/mol. The van der Waals surface area contributed by atoms with E-state index in [4.69, 9.17) is 17.3 Å². The van der Waals surface area contributed by atoms with Crippen molar-refractivity contribution in [2.24, 2.45) is 5.73 Å². The summed E-state index contributed by atoms with van der Waals surface area (Å²) in [4.78, 5) is 15.7. The lowest BCUT2D eigenvalue weighted by Crippen LogP contribution is -2.11. The zero-order chi connectivity index (χ0) is 14.8. The number of aromatic nitrogens is 2. The van der Waals surface area contributed by atoms with Crippen LogP contribution in [-0.4, -0.2) is 15.3 Å². The average Bonchev–Trinajstić information content (AvgIpc) is 2.89. The van der Waals surface area contributed by atoms with Gasteiger partial charge in [-0.3, -0.25) is 4.79 Å². The number of hydrogen-bond acceptors (Lipinski definition) is 3. The summed E-state index contributed by atoms with van der Waals surface area (Å²) in [5, 5.41) is 3.70. The van der Waals surface area contributed by atoms with E-state index in [1.807, 2.05) is 35.0 Å². The predicted octanol–water partition coefficient (Wildman–Crippen LogP) is 2.70. The first-order chi connectivity index (χ1) is 10.1. The fourth-order valence-electron chi connectivity index (χ4n) is 2.07. The van der Waals surface area contributed by atoms with E-state index in [-0.39, 0.29) is 0 Å². The number of nitrogens with zero attached hydrogens (tertiary/aromatic N) is 2. The molecule has 0 atom stereocenters. The molecular weight excluding hydrogens is 288 g/mol. The van der Waals surface area contributed by atoms with E-state index >= 15 is 0 Å². The third kappa shape index (κ3) is 2.83. The van der Waals surface area contributed by atoms with Crippen LogP contribution >= 0.6 is 11.6 Å². The van der Waals surface area contributed by atoms with Gasteiger partial charge in [0.05, 0.1) is 22.9 Å². The molecule has 106 valence electrons. The van der Waals surface area contributed by atoms with Crippen molar-refractivity contribution in [2.75, 3.05) is 5.32 Å². The fraction of sp³-hybridized carbons (Fsp3) is 0.0667. The van der Waals surface area contributed by atoms with E-state index in [1.54, 1.807) is 18.2 Å². The van der Waals surface area contributed by atoms with Gasteiger partial charge in [-0.1, -0.05) is 17.7 Å². The first kappa shape index (κ1) is 13.5. The van der Waals surface area contributed by atoms with Crippen LogP contribution in [0.25, 0.3) is 5.65 Å². The van der Waals surface area contributed by atoms with Crippen LogP contribution in [0.2, 0.25) is 5.02 Å². The van der Waals surface area contributed by atoms with Gasteiger partial charge in [-0.2, -0.15) is 0 Å². The number of carbonyl (C=O) groups is 1. The van der Waals surface area contributed by atoms with Gasteiger partial charge in [0.15, 0.2) is 0 Å². The smallest absolute Gasteiger partial charge is 0.248 e. The minimum atomic E-state index is -0.484. The van der Waals surface area contributed by atoms with Crippen molar-refractivity contribution in [1.82, 2.24) is 9.38 Å². The summed E-state index contributed by atoms with van der Waals surface area (Å²) in [6, 6.07) is 10.7. The standard InChI is InChI=1S/C15H13ClN4O/c16-12-5-4-10(15(17)21)7-13(12)18-8-11-9-20-6-2-1-3-14(20)19-11/h1-7,9,18H,8H2,(H2,17,21). The van der Waals surface area contributed by atoms with E-state index < -0.39 is 5.91 Å². The van der Waals surface area contributed by atoms with Crippen molar-refractivity contribution in [3.63, 3.8) is 0 Å². The van der Waals surface area contributed by atoms with E-state index in [9.17, 15) is 4.79 Å². The molecule has 0 saturated carbocycles. The van der Waals surface area contributed by atoms with Gasteiger partial charge in [0.1, 0.15) is 5.65 Å². The molecule has 0 fully saturated rings. The molecule has 5 nitrogen and oxygen atoms in total. The lowest BCUT2D eigenvalue weighted by Gasteiger charge is -2.08. The van der Waals surface area contributed by atoms with Crippen molar-refractivity contribution in [3.8, 4) is 0 Å². The normalized spacial score (nSPS) is 10.7. The average molecular weight is 301 g/mol. The summed E-state index contributed by atoms with van der Waals surface area (Å²) in [5.41, 5.74) is 8.09. The highest BCUT2D eigenvalue weighted by molar-refractivity contribution is 6.33. The number of halogens is 1. The Bertz CT molecular complexity index is 779. The molecule has 3 N–H and O–H groups in total. The Morgan fingerprint density at radius 3 is 2.95 bits per heavy atom. The fourth-order valence-corrected chi connectivity index (χ4v) is 2.26. The summed E-state index contributed by atoms with van der Waals surface area (Å²) in [6.07, 6.45) is 3.88. The molecule has 1 aromatic carbocycles. The number of primary amides is 1. The van der Waals surface area contributed by atoms with Crippen LogP contribution in [0, 0.1) is 0 Å². The number of nitrogens with one attached hydrogen (secondary N) is 1. The Hall–Kier alpha value is -2.53. The van der Waals surface area contributed by atoms with Crippen LogP contribution in [-0.2, 0) is 6.54 Å². The van der Waals surface area contributed by atoms with Gasteiger partial charge in [-0.05, 0) is 30.3 Å². The third-order valence-corrected chi connectivity index (χ3v) is 3.45. The van der Waals surface area contributed by atoms with Gasteiger partial charge in [-0.15, -0.1) is 0 Å². The van der Waals surface area contributed by atoms with E-state index in [0.29, 0.717) is 22.8 Å². The minimum Gasteiger partial charge on any atom is -0.378 e. The molecule has 0 radical (unpaired) electrons. The SMILES string of the molecule is NC(=O)c1ccc(Cl)c(NCc2cn3ccccc3n2)c1. The summed E-state index contributed by atoms with van der Waals surface area (Å²) in [5.74, 6) is -0.484. The Morgan fingerprint density at radius 1 is 1.33 bits per heavy atom. The van der Waals surface area contributed by atoms with Crippen molar-refractivity contribution in [2.45, 2.75) is 6.54 Å². The molecule has 3 rings (SSSR count). The minimum absolute atomic E-state index is 0.414. The van der Waals surface area contributed by atoms with Gasteiger partial charge < -0.3 is 15.5 Å². The van der Waals surface area contributed by atoms with Crippen molar-refractivity contribution < 1.29 is 4.79 Å². The summed E-state index contributed by atoms with van der Waals surface area (Å²) in [6.45, 7) is 0.504. The molecule has 0 bridgehead atoms. The van der Waals surface area contributed by atoms with Gasteiger partial charge in [-0.25, -0.2) is 4.98 Å². The van der Waals surface area contributed by atoms with Gasteiger partial charge >= 0.3 is 0 Å². The molecule has 2 heterocycles. The largest absolute Gasteiger partial charge is 0.378 e. The number of carbonyl (C=O) groups excluding carboxylic acids is 1. The number of rotatable bonds is 4. The number of nitrogens with two attached hydrogens (primary N) is 1. The summed E-state index contributed by atoms with van der Waals surface area (Å²) < 4.78 is 1.94. The zero-order valence-corrected chi connectivity index (χ0v) is 11.8. The van der Waals surface area contributed by atoms with Crippen molar-refractivity contribution in [1.29, 1.82) is 0 Å². The molecule has 0 unspecified atom stereocenters. The highest BCUT2D eigenvalue weighted by Crippen LogP contribution is 2.23. The number of fused-ring (bicyclic) bond motifs is 1. The number of anilines is 1. The van der Waals surface area contributed by atoms with Gasteiger partial charge in [0, 0.05) is 18.0 Å². The van der Waals surface area contributed by atoms with E-state index in [0.717, 1.165) is 11.3 Å². The van der Waals surface area contributed by atoms with Gasteiger partial charge in [0.2, 0.25) is 5.91 Å². The summed E-state index contributed by atoms with van der Waals surface area (Å²) in [7, 11) is 0. The molecule has 0 spiro atoms. The third-order valence-electron chi connectivity index (χ3n) is 3.12. The monoisotopic (exact) mass is 300 g/mol. The maximum absolute atomic E-state index is 11.2. The number of benzene rings is 1. The van der Waals surface area contributed by atoms with Crippen LogP contribution in [0.5, 0.6) is 0 Å². The second-order valence-corrected chi connectivity index (χ2v) is 5.02. The molecule has 0 aliphatic rings. The topological polar surface area (TPSA) is 72.4 Å². The molecule has 1 amide bonds. The first-order valence-corrected chi connectivity index (χ1v) is 6.77. The highest BCUT2D eigenvalue weighted by Gasteiger charge is 2.07. The van der Waals surface area contributed by atoms with E-state index in [2.05, 4.69) is 10.3 Å². The molecule has 2 aromatic heterocycles. The number of imidazole rings is 1. The Kier molecular flexibility index (Phi) is 3.50. The Labute approximate surface area is 126 Å². The van der Waals surface area contributed by atoms with Crippen LogP contribution in [0.3, 0.4) is 0 Å². The molecular formula is C15H13ClN4O. The molecule has 3 aromatic rings. The molecule has 6 heteroatoms. The molecule has 0 aliphatic heterocycles. The molecule has 0 saturated heterocycles. The second kappa shape index (κ2) is 5.46. The maximum atomic E-state index is 11.2. The van der Waals surface area contributed by atoms with Crippen molar-refractivity contribution >= 4 is 28.8 Å². The van der Waals surface area contributed by atoms with E-state index in [1.165, 1.54) is 0 Å². The van der Waals surface area contributed by atoms with Crippen LogP contribution in [0.1, 0.15) is 16.1 Å². The zero-order valence-electron chi connectivity index (χ0n) is 11.1. The summed E-state index contributed by atoms with van der Waals surface area (Å²) >= 11 is 6.11. The molecule has 0 aliphatic carbocycles. The van der Waals surface area contributed by atoms with Gasteiger partial charge in [0.25, 0.3) is 0 Å². The Morgan fingerprint density at radius 2 is 2.19 bits per heavy atom.